The van der Waals surface area contributed by atoms with Gasteiger partial charge in [0.25, 0.3) is 5.91 Å². The van der Waals surface area contributed by atoms with E-state index in [1.807, 2.05) is 54.6 Å². The number of rotatable bonds is 5. The smallest absolute Gasteiger partial charge is 0.256 e. The average molecular weight is 386 g/mol. The number of aromatic nitrogens is 2. The van der Waals surface area contributed by atoms with Crippen LogP contribution in [0.15, 0.2) is 66.7 Å². The Morgan fingerprint density at radius 1 is 1.10 bits per heavy atom. The average Bonchev–Trinajstić information content (AvgIpc) is 3.17. The van der Waals surface area contributed by atoms with Crippen molar-refractivity contribution in [2.75, 3.05) is 19.9 Å². The van der Waals surface area contributed by atoms with E-state index in [0.29, 0.717) is 29.1 Å². The van der Waals surface area contributed by atoms with E-state index >= 15 is 0 Å². The number of anilines is 1. The molecular weight excluding hydrogens is 364 g/mol. The first-order valence-corrected chi connectivity index (χ1v) is 9.28. The van der Waals surface area contributed by atoms with Crippen molar-refractivity contribution >= 4 is 22.6 Å². The van der Waals surface area contributed by atoms with Gasteiger partial charge in [-0.15, -0.1) is 0 Å². The molecule has 0 aliphatic rings. The molecule has 1 aromatic heterocycles. The summed E-state index contributed by atoms with van der Waals surface area (Å²) in [4.78, 5) is 22.8. The monoisotopic (exact) mass is 386 g/mol. The summed E-state index contributed by atoms with van der Waals surface area (Å²) in [5, 5.41) is 0. The normalized spacial score (nSPS) is 10.8. The fourth-order valence-electron chi connectivity index (χ4n) is 3.32. The lowest BCUT2D eigenvalue weighted by Gasteiger charge is -2.18. The SMILES string of the molecule is COc1ccc(-c2nc3c(C(=O)N(C)Cc4ccccc4)cc(N)cc3[nH]2)cc1. The van der Waals surface area contributed by atoms with Crippen molar-refractivity contribution in [3.05, 3.63) is 77.9 Å². The Hall–Kier alpha value is -3.80. The van der Waals surface area contributed by atoms with Gasteiger partial charge in [-0.25, -0.2) is 4.98 Å². The molecule has 0 aliphatic heterocycles. The van der Waals surface area contributed by atoms with Crippen molar-refractivity contribution < 1.29 is 9.53 Å². The molecule has 0 atom stereocenters. The molecule has 0 saturated carbocycles. The topological polar surface area (TPSA) is 84.2 Å². The molecule has 3 N–H and O–H groups in total. The van der Waals surface area contributed by atoms with E-state index in [2.05, 4.69) is 4.98 Å². The number of nitrogens with two attached hydrogens (primary N) is 1. The molecule has 29 heavy (non-hydrogen) atoms. The van der Waals surface area contributed by atoms with Gasteiger partial charge in [-0.2, -0.15) is 0 Å². The third-order valence-electron chi connectivity index (χ3n) is 4.81. The highest BCUT2D eigenvalue weighted by Gasteiger charge is 2.19. The summed E-state index contributed by atoms with van der Waals surface area (Å²) in [6.45, 7) is 0.506. The third-order valence-corrected chi connectivity index (χ3v) is 4.81. The second-order valence-corrected chi connectivity index (χ2v) is 6.93. The number of methoxy groups -OCH3 is 1. The molecule has 0 fully saturated rings. The zero-order chi connectivity index (χ0) is 20.4. The summed E-state index contributed by atoms with van der Waals surface area (Å²) in [7, 11) is 3.41. The maximum atomic E-state index is 13.1. The van der Waals surface area contributed by atoms with Crippen LogP contribution in [0.4, 0.5) is 5.69 Å². The fraction of sp³-hybridized carbons (Fsp3) is 0.130. The van der Waals surface area contributed by atoms with Gasteiger partial charge in [-0.1, -0.05) is 30.3 Å². The molecule has 1 amide bonds. The van der Waals surface area contributed by atoms with E-state index in [1.54, 1.807) is 31.2 Å². The van der Waals surface area contributed by atoms with Crippen LogP contribution in [-0.2, 0) is 6.54 Å². The number of nitrogens with one attached hydrogen (secondary N) is 1. The Labute approximate surface area is 168 Å². The number of H-pyrrole nitrogens is 1. The van der Waals surface area contributed by atoms with E-state index in [0.717, 1.165) is 22.4 Å². The molecule has 0 bridgehead atoms. The number of imidazole rings is 1. The molecule has 3 aromatic carbocycles. The number of aromatic amines is 1. The quantitative estimate of drug-likeness (QED) is 0.506. The molecule has 6 nitrogen and oxygen atoms in total. The van der Waals surface area contributed by atoms with Crippen molar-refractivity contribution in [3.8, 4) is 17.1 Å². The number of carbonyl (C=O) groups is 1. The van der Waals surface area contributed by atoms with E-state index in [9.17, 15) is 4.79 Å². The molecule has 146 valence electrons. The number of nitrogen functional groups attached to an aromatic ring is 1. The van der Waals surface area contributed by atoms with Crippen molar-refractivity contribution in [1.82, 2.24) is 14.9 Å². The molecule has 0 saturated heterocycles. The number of amides is 1. The van der Waals surface area contributed by atoms with Gasteiger partial charge >= 0.3 is 0 Å². The Kier molecular flexibility index (Phi) is 4.91. The number of ether oxygens (including phenoxy) is 1. The first kappa shape index (κ1) is 18.6. The van der Waals surface area contributed by atoms with Crippen LogP contribution in [-0.4, -0.2) is 34.9 Å². The third kappa shape index (κ3) is 3.78. The summed E-state index contributed by atoms with van der Waals surface area (Å²) < 4.78 is 5.21. The number of carbonyl (C=O) groups excluding carboxylic acids is 1. The van der Waals surface area contributed by atoms with Gasteiger partial charge in [0.1, 0.15) is 17.1 Å². The lowest BCUT2D eigenvalue weighted by molar-refractivity contribution is 0.0787. The Bertz CT molecular complexity index is 1150. The van der Waals surface area contributed by atoms with Gasteiger partial charge in [0.05, 0.1) is 18.2 Å². The molecule has 4 aromatic rings. The highest BCUT2D eigenvalue weighted by atomic mass is 16.5. The van der Waals surface area contributed by atoms with Crippen LogP contribution in [0, 0.1) is 0 Å². The minimum Gasteiger partial charge on any atom is -0.497 e. The summed E-state index contributed by atoms with van der Waals surface area (Å²) in [5.74, 6) is 1.32. The number of fused-ring (bicyclic) bond motifs is 1. The van der Waals surface area contributed by atoms with Gasteiger partial charge < -0.3 is 20.4 Å². The van der Waals surface area contributed by atoms with E-state index in [1.165, 1.54) is 0 Å². The Morgan fingerprint density at radius 3 is 2.52 bits per heavy atom. The van der Waals surface area contributed by atoms with Crippen LogP contribution in [0.5, 0.6) is 5.75 Å². The number of hydrogen-bond acceptors (Lipinski definition) is 4. The first-order valence-electron chi connectivity index (χ1n) is 9.28. The number of benzene rings is 3. The summed E-state index contributed by atoms with van der Waals surface area (Å²) in [6.07, 6.45) is 0. The van der Waals surface area contributed by atoms with Crippen molar-refractivity contribution in [3.63, 3.8) is 0 Å². The van der Waals surface area contributed by atoms with E-state index in [4.69, 9.17) is 15.5 Å². The van der Waals surface area contributed by atoms with Crippen molar-refractivity contribution in [2.24, 2.45) is 0 Å². The van der Waals surface area contributed by atoms with Gasteiger partial charge in [-0.05, 0) is 42.0 Å². The summed E-state index contributed by atoms with van der Waals surface area (Å²) in [6, 6.07) is 20.9. The number of nitrogens with zero attached hydrogens (tertiary/aromatic N) is 2. The van der Waals surface area contributed by atoms with Crippen LogP contribution in [0.25, 0.3) is 22.4 Å². The van der Waals surface area contributed by atoms with Gasteiger partial charge in [0.2, 0.25) is 0 Å². The minimum atomic E-state index is -0.126. The minimum absolute atomic E-state index is 0.126. The molecule has 6 heteroatoms. The second-order valence-electron chi connectivity index (χ2n) is 6.93. The Morgan fingerprint density at radius 2 is 1.83 bits per heavy atom. The van der Waals surface area contributed by atoms with Crippen LogP contribution in [0.3, 0.4) is 0 Å². The lowest BCUT2D eigenvalue weighted by atomic mass is 10.1. The van der Waals surface area contributed by atoms with Crippen LogP contribution >= 0.6 is 0 Å². The summed E-state index contributed by atoms with van der Waals surface area (Å²) in [5.41, 5.74) is 10.4. The van der Waals surface area contributed by atoms with Crippen LogP contribution in [0.1, 0.15) is 15.9 Å². The van der Waals surface area contributed by atoms with E-state index in [-0.39, 0.29) is 5.91 Å². The maximum Gasteiger partial charge on any atom is 0.256 e. The highest BCUT2D eigenvalue weighted by molar-refractivity contribution is 6.06. The zero-order valence-corrected chi connectivity index (χ0v) is 16.3. The van der Waals surface area contributed by atoms with E-state index < -0.39 is 0 Å². The molecule has 4 rings (SSSR count). The highest BCUT2D eigenvalue weighted by Crippen LogP contribution is 2.27. The predicted octanol–water partition coefficient (Wildman–Crippen LogP) is 4.09. The molecule has 0 radical (unpaired) electrons. The summed E-state index contributed by atoms with van der Waals surface area (Å²) >= 11 is 0. The fourth-order valence-corrected chi connectivity index (χ4v) is 3.32. The Balaban J connectivity index is 1.70. The largest absolute Gasteiger partial charge is 0.497 e. The van der Waals surface area contributed by atoms with Crippen molar-refractivity contribution in [2.45, 2.75) is 6.54 Å². The molecular formula is C23H22N4O2. The molecule has 1 heterocycles. The van der Waals surface area contributed by atoms with Gasteiger partial charge in [0.15, 0.2) is 0 Å². The van der Waals surface area contributed by atoms with Gasteiger partial charge in [0, 0.05) is 24.8 Å². The number of hydrogen-bond donors (Lipinski definition) is 2. The predicted molar refractivity (Wildman–Crippen MR) is 115 cm³/mol. The lowest BCUT2D eigenvalue weighted by Crippen LogP contribution is -2.26. The first-order chi connectivity index (χ1) is 14.0. The van der Waals surface area contributed by atoms with Gasteiger partial charge in [-0.3, -0.25) is 4.79 Å². The van der Waals surface area contributed by atoms with Crippen LogP contribution < -0.4 is 10.5 Å². The van der Waals surface area contributed by atoms with Crippen LogP contribution in [0.2, 0.25) is 0 Å². The molecule has 0 aliphatic carbocycles. The standard InChI is InChI=1S/C23H22N4O2/c1-27(14-15-6-4-3-5-7-15)23(28)19-12-17(24)13-20-21(19)26-22(25-20)16-8-10-18(29-2)11-9-16/h3-13H,14,24H2,1-2H3,(H,25,26). The zero-order valence-electron chi connectivity index (χ0n) is 16.3. The second kappa shape index (κ2) is 7.67. The molecule has 0 spiro atoms. The maximum absolute atomic E-state index is 13.1. The van der Waals surface area contributed by atoms with Crippen molar-refractivity contribution in [1.29, 1.82) is 0 Å². The molecule has 0 unspecified atom stereocenters.